The van der Waals surface area contributed by atoms with Gasteiger partial charge in [-0.25, -0.2) is 4.99 Å². The SMILES string of the molecule is CCNC(=NCc1cccc(CN2CCOCC2)c1)N(C)Cc1cc(Cl)cn1C. The van der Waals surface area contributed by atoms with E-state index >= 15 is 0 Å². The summed E-state index contributed by atoms with van der Waals surface area (Å²) in [7, 11) is 4.07. The molecule has 158 valence electrons. The Labute approximate surface area is 179 Å². The van der Waals surface area contributed by atoms with Gasteiger partial charge < -0.3 is 19.5 Å². The van der Waals surface area contributed by atoms with Crippen LogP contribution in [-0.2, 0) is 31.4 Å². The average Bonchev–Trinajstić information content (AvgIpc) is 3.03. The van der Waals surface area contributed by atoms with Crippen LogP contribution in [-0.4, -0.2) is 60.2 Å². The van der Waals surface area contributed by atoms with Gasteiger partial charge in [-0.15, -0.1) is 0 Å². The molecule has 1 aromatic heterocycles. The number of aromatic nitrogens is 1. The second-order valence-corrected chi connectivity index (χ2v) is 7.93. The van der Waals surface area contributed by atoms with Crippen molar-refractivity contribution in [1.29, 1.82) is 0 Å². The van der Waals surface area contributed by atoms with Crippen LogP contribution < -0.4 is 5.32 Å². The molecule has 0 aliphatic carbocycles. The molecule has 2 aromatic rings. The Bertz CT molecular complexity index is 813. The maximum Gasteiger partial charge on any atom is 0.194 e. The van der Waals surface area contributed by atoms with E-state index in [9.17, 15) is 0 Å². The van der Waals surface area contributed by atoms with Crippen molar-refractivity contribution >= 4 is 17.6 Å². The lowest BCUT2D eigenvalue weighted by molar-refractivity contribution is 0.0342. The molecule has 1 saturated heterocycles. The van der Waals surface area contributed by atoms with Gasteiger partial charge in [-0.1, -0.05) is 35.9 Å². The van der Waals surface area contributed by atoms with Gasteiger partial charge in [0.15, 0.2) is 5.96 Å². The van der Waals surface area contributed by atoms with Crippen LogP contribution in [0.15, 0.2) is 41.5 Å². The van der Waals surface area contributed by atoms with Gasteiger partial charge in [-0.2, -0.15) is 0 Å². The van der Waals surface area contributed by atoms with E-state index in [-0.39, 0.29) is 0 Å². The molecule has 0 bridgehead atoms. The minimum atomic E-state index is 0.650. The number of ether oxygens (including phenoxy) is 1. The molecule has 0 atom stereocenters. The zero-order chi connectivity index (χ0) is 20.6. The molecule has 0 saturated carbocycles. The molecule has 2 heterocycles. The molecular formula is C22H32ClN5O. The predicted octanol–water partition coefficient (Wildman–Crippen LogP) is 3.11. The van der Waals surface area contributed by atoms with Crippen LogP contribution in [0.3, 0.4) is 0 Å². The predicted molar refractivity (Wildman–Crippen MR) is 119 cm³/mol. The third-order valence-corrected chi connectivity index (χ3v) is 5.29. The van der Waals surface area contributed by atoms with Crippen molar-refractivity contribution in [2.75, 3.05) is 39.9 Å². The normalized spacial score (nSPS) is 15.5. The number of hydrogen-bond donors (Lipinski definition) is 1. The second-order valence-electron chi connectivity index (χ2n) is 7.50. The Hall–Kier alpha value is -2.02. The summed E-state index contributed by atoms with van der Waals surface area (Å²) in [6.45, 7) is 8.93. The van der Waals surface area contributed by atoms with Crippen LogP contribution >= 0.6 is 11.6 Å². The smallest absolute Gasteiger partial charge is 0.194 e. The van der Waals surface area contributed by atoms with Crippen LogP contribution in [0, 0.1) is 0 Å². The summed E-state index contributed by atoms with van der Waals surface area (Å²) < 4.78 is 7.50. The van der Waals surface area contributed by atoms with Gasteiger partial charge in [-0.05, 0) is 24.1 Å². The fourth-order valence-electron chi connectivity index (χ4n) is 3.52. The second kappa shape index (κ2) is 10.7. The number of guanidine groups is 1. The van der Waals surface area contributed by atoms with Crippen molar-refractivity contribution < 1.29 is 4.74 Å². The number of nitrogens with one attached hydrogen (secondary N) is 1. The van der Waals surface area contributed by atoms with Crippen molar-refractivity contribution in [1.82, 2.24) is 19.7 Å². The summed E-state index contributed by atoms with van der Waals surface area (Å²) in [5, 5.41) is 4.15. The molecule has 1 aliphatic rings. The number of morpholine rings is 1. The van der Waals surface area contributed by atoms with E-state index in [4.69, 9.17) is 21.3 Å². The summed E-state index contributed by atoms with van der Waals surface area (Å²) in [5.74, 6) is 0.892. The van der Waals surface area contributed by atoms with E-state index in [1.165, 1.54) is 11.1 Å². The molecule has 7 heteroatoms. The van der Waals surface area contributed by atoms with E-state index in [1.54, 1.807) is 0 Å². The first-order chi connectivity index (χ1) is 14.0. The summed E-state index contributed by atoms with van der Waals surface area (Å²) in [6.07, 6.45) is 1.93. The van der Waals surface area contributed by atoms with Gasteiger partial charge >= 0.3 is 0 Å². The number of aryl methyl sites for hydroxylation is 1. The topological polar surface area (TPSA) is 45.0 Å². The zero-order valence-electron chi connectivity index (χ0n) is 17.7. The highest BCUT2D eigenvalue weighted by molar-refractivity contribution is 6.30. The summed E-state index contributed by atoms with van der Waals surface area (Å²) >= 11 is 6.12. The Morgan fingerprint density at radius 2 is 2.00 bits per heavy atom. The van der Waals surface area contributed by atoms with Crippen LogP contribution in [0.2, 0.25) is 5.02 Å². The molecule has 6 nitrogen and oxygen atoms in total. The zero-order valence-corrected chi connectivity index (χ0v) is 18.5. The van der Waals surface area contributed by atoms with Crippen molar-refractivity contribution in [2.45, 2.75) is 26.6 Å². The molecule has 0 radical (unpaired) electrons. The molecule has 0 spiro atoms. The first-order valence-electron chi connectivity index (χ1n) is 10.2. The quantitative estimate of drug-likeness (QED) is 0.555. The number of benzene rings is 1. The maximum atomic E-state index is 6.12. The molecule has 1 aromatic carbocycles. The van der Waals surface area contributed by atoms with E-state index in [2.05, 4.69) is 57.9 Å². The molecule has 1 N–H and O–H groups in total. The first kappa shape index (κ1) is 21.7. The minimum absolute atomic E-state index is 0.650. The van der Waals surface area contributed by atoms with Crippen molar-refractivity contribution in [3.63, 3.8) is 0 Å². The molecule has 1 aliphatic heterocycles. The van der Waals surface area contributed by atoms with E-state index in [1.807, 2.05) is 19.3 Å². The number of aliphatic imine (C=N–C) groups is 1. The van der Waals surface area contributed by atoms with Crippen molar-refractivity contribution in [3.05, 3.63) is 58.4 Å². The van der Waals surface area contributed by atoms with E-state index in [0.29, 0.717) is 6.54 Å². The highest BCUT2D eigenvalue weighted by Gasteiger charge is 2.12. The van der Waals surface area contributed by atoms with Gasteiger partial charge in [-0.3, -0.25) is 4.90 Å². The average molecular weight is 418 g/mol. The highest BCUT2D eigenvalue weighted by Crippen LogP contribution is 2.15. The fourth-order valence-corrected chi connectivity index (χ4v) is 3.79. The standard InChI is InChI=1S/C22H32ClN5O/c1-4-24-22(27(3)17-21-13-20(23)16-26(21)2)25-14-18-6-5-7-19(12-18)15-28-8-10-29-11-9-28/h5-7,12-13,16H,4,8-11,14-15,17H2,1-3H3,(H,24,25). The minimum Gasteiger partial charge on any atom is -0.379 e. The first-order valence-corrected chi connectivity index (χ1v) is 10.6. The van der Waals surface area contributed by atoms with Crippen molar-refractivity contribution in [2.24, 2.45) is 12.0 Å². The number of rotatable bonds is 7. The Morgan fingerprint density at radius 3 is 2.69 bits per heavy atom. The monoisotopic (exact) mass is 417 g/mol. The third kappa shape index (κ3) is 6.49. The summed E-state index contributed by atoms with van der Waals surface area (Å²) in [6, 6.07) is 10.7. The Morgan fingerprint density at radius 1 is 1.24 bits per heavy atom. The van der Waals surface area contributed by atoms with Gasteiger partial charge in [0.05, 0.1) is 31.3 Å². The van der Waals surface area contributed by atoms with Crippen molar-refractivity contribution in [3.8, 4) is 0 Å². The largest absolute Gasteiger partial charge is 0.379 e. The molecule has 0 unspecified atom stereocenters. The lowest BCUT2D eigenvalue weighted by Gasteiger charge is -2.26. The van der Waals surface area contributed by atoms with Crippen LogP contribution in [0.4, 0.5) is 0 Å². The van der Waals surface area contributed by atoms with Crippen LogP contribution in [0.1, 0.15) is 23.7 Å². The molecular weight excluding hydrogens is 386 g/mol. The number of nitrogens with zero attached hydrogens (tertiary/aromatic N) is 4. The molecule has 3 rings (SSSR count). The Balaban J connectivity index is 1.64. The van der Waals surface area contributed by atoms with Gasteiger partial charge in [0.1, 0.15) is 0 Å². The highest BCUT2D eigenvalue weighted by atomic mass is 35.5. The van der Waals surface area contributed by atoms with Crippen LogP contribution in [0.25, 0.3) is 0 Å². The molecule has 0 amide bonds. The summed E-state index contributed by atoms with van der Waals surface area (Å²) in [4.78, 5) is 9.43. The maximum absolute atomic E-state index is 6.12. The number of halogens is 1. The van der Waals surface area contributed by atoms with Gasteiger partial charge in [0.2, 0.25) is 0 Å². The number of hydrogen-bond acceptors (Lipinski definition) is 3. The fraction of sp³-hybridized carbons (Fsp3) is 0.500. The van der Waals surface area contributed by atoms with Gasteiger partial charge in [0, 0.05) is 52.2 Å². The van der Waals surface area contributed by atoms with Gasteiger partial charge in [0.25, 0.3) is 0 Å². The third-order valence-electron chi connectivity index (χ3n) is 5.08. The molecule has 1 fully saturated rings. The lowest BCUT2D eigenvalue weighted by atomic mass is 10.1. The Kier molecular flexibility index (Phi) is 7.98. The summed E-state index contributed by atoms with van der Waals surface area (Å²) in [5.41, 5.74) is 3.70. The molecule has 29 heavy (non-hydrogen) atoms. The lowest BCUT2D eigenvalue weighted by Crippen LogP contribution is -2.38. The van der Waals surface area contributed by atoms with E-state index in [0.717, 1.165) is 62.6 Å². The van der Waals surface area contributed by atoms with Crippen LogP contribution in [0.5, 0.6) is 0 Å². The van der Waals surface area contributed by atoms with E-state index < -0.39 is 0 Å².